The Bertz CT molecular complexity index is 519. The summed E-state index contributed by atoms with van der Waals surface area (Å²) in [4.78, 5) is 0. The third kappa shape index (κ3) is 3.30. The van der Waals surface area contributed by atoms with Crippen molar-refractivity contribution in [2.75, 3.05) is 10.6 Å². The molecule has 2 aromatic rings. The molecule has 0 unspecified atom stereocenters. The maximum Gasteiger partial charge on any atom is 0.175 e. The molecule has 0 bridgehead atoms. The Labute approximate surface area is 112 Å². The lowest BCUT2D eigenvalue weighted by atomic mass is 10.3. The molecule has 0 spiro atoms. The van der Waals surface area contributed by atoms with E-state index >= 15 is 0 Å². The van der Waals surface area contributed by atoms with Crippen LogP contribution in [0.1, 0.15) is 19.9 Å². The highest BCUT2D eigenvalue weighted by molar-refractivity contribution is 7.80. The van der Waals surface area contributed by atoms with Gasteiger partial charge in [0.05, 0.1) is 11.9 Å². The average Bonchev–Trinajstić information content (AvgIpc) is 2.78. The fourth-order valence-electron chi connectivity index (χ4n) is 1.50. The largest absolute Gasteiger partial charge is 0.332 e. The molecule has 0 aliphatic rings. The van der Waals surface area contributed by atoms with Gasteiger partial charge in [0.15, 0.2) is 5.11 Å². The van der Waals surface area contributed by atoms with Crippen molar-refractivity contribution in [3.63, 3.8) is 0 Å². The highest BCUT2D eigenvalue weighted by atomic mass is 32.1. The summed E-state index contributed by atoms with van der Waals surface area (Å²) in [6, 6.07) is 10.2. The lowest BCUT2D eigenvalue weighted by Gasteiger charge is -2.08. The fraction of sp³-hybridized carbons (Fsp3) is 0.231. The second kappa shape index (κ2) is 5.64. The molecule has 1 aromatic carbocycles. The summed E-state index contributed by atoms with van der Waals surface area (Å²) in [5, 5.41) is 11.0. The smallest absolute Gasteiger partial charge is 0.175 e. The Morgan fingerprint density at radius 3 is 2.44 bits per heavy atom. The van der Waals surface area contributed by atoms with Crippen LogP contribution in [0.15, 0.2) is 42.7 Å². The molecule has 1 heterocycles. The maximum absolute atomic E-state index is 5.23. The van der Waals surface area contributed by atoms with Crippen LogP contribution in [0.25, 0.3) is 0 Å². The number of nitrogens with one attached hydrogen (secondary N) is 2. The average molecular weight is 260 g/mol. The van der Waals surface area contributed by atoms with Gasteiger partial charge in [0.2, 0.25) is 0 Å². The fourth-order valence-corrected chi connectivity index (χ4v) is 1.74. The number of aromatic nitrogens is 2. The minimum Gasteiger partial charge on any atom is -0.332 e. The minimum atomic E-state index is 0.344. The van der Waals surface area contributed by atoms with Gasteiger partial charge >= 0.3 is 0 Å². The summed E-state index contributed by atoms with van der Waals surface area (Å²) >= 11 is 5.23. The van der Waals surface area contributed by atoms with E-state index in [0.29, 0.717) is 11.2 Å². The lowest BCUT2D eigenvalue weighted by Crippen LogP contribution is -2.18. The normalized spacial score (nSPS) is 10.4. The predicted molar refractivity (Wildman–Crippen MR) is 78.9 cm³/mol. The highest BCUT2D eigenvalue weighted by Crippen LogP contribution is 2.11. The monoisotopic (exact) mass is 260 g/mol. The molecule has 94 valence electrons. The Balaban J connectivity index is 1.95. The van der Waals surface area contributed by atoms with E-state index in [1.807, 2.05) is 41.2 Å². The van der Waals surface area contributed by atoms with Gasteiger partial charge in [0, 0.05) is 17.9 Å². The molecule has 0 atom stereocenters. The van der Waals surface area contributed by atoms with Crippen molar-refractivity contribution in [2.24, 2.45) is 0 Å². The van der Waals surface area contributed by atoms with Crippen molar-refractivity contribution >= 4 is 28.7 Å². The van der Waals surface area contributed by atoms with Crippen LogP contribution in [0, 0.1) is 0 Å². The molecule has 0 amide bonds. The van der Waals surface area contributed by atoms with Gasteiger partial charge in [-0.15, -0.1) is 0 Å². The van der Waals surface area contributed by atoms with Crippen LogP contribution >= 0.6 is 12.2 Å². The first-order chi connectivity index (χ1) is 8.65. The van der Waals surface area contributed by atoms with E-state index in [2.05, 4.69) is 29.6 Å². The van der Waals surface area contributed by atoms with E-state index in [4.69, 9.17) is 12.2 Å². The van der Waals surface area contributed by atoms with Crippen LogP contribution in [-0.4, -0.2) is 14.9 Å². The van der Waals surface area contributed by atoms with Gasteiger partial charge in [0.25, 0.3) is 0 Å². The third-order valence-electron chi connectivity index (χ3n) is 2.42. The summed E-state index contributed by atoms with van der Waals surface area (Å²) in [5.74, 6) is 0. The van der Waals surface area contributed by atoms with Crippen molar-refractivity contribution < 1.29 is 0 Å². The SMILES string of the molecule is CC(C)n1cc(NC(=S)Nc2ccccc2)cn1. The molecular formula is C13H16N4S. The first-order valence-electron chi connectivity index (χ1n) is 5.82. The molecule has 0 saturated carbocycles. The number of rotatable bonds is 3. The van der Waals surface area contributed by atoms with Crippen molar-refractivity contribution in [2.45, 2.75) is 19.9 Å². The Kier molecular flexibility index (Phi) is 3.94. The van der Waals surface area contributed by atoms with Crippen LogP contribution in [0.3, 0.4) is 0 Å². The van der Waals surface area contributed by atoms with Gasteiger partial charge in [-0.25, -0.2) is 0 Å². The minimum absolute atomic E-state index is 0.344. The topological polar surface area (TPSA) is 41.9 Å². The number of hydrogen-bond donors (Lipinski definition) is 2. The number of para-hydroxylation sites is 1. The molecule has 2 N–H and O–H groups in total. The Hall–Kier alpha value is -1.88. The number of nitrogens with zero attached hydrogens (tertiary/aromatic N) is 2. The zero-order valence-electron chi connectivity index (χ0n) is 10.4. The standard InChI is InChI=1S/C13H16N4S/c1-10(2)17-9-12(8-14-17)16-13(18)15-11-6-4-3-5-7-11/h3-10H,1-2H3,(H2,15,16,18). The summed E-state index contributed by atoms with van der Waals surface area (Å²) in [6.07, 6.45) is 3.70. The van der Waals surface area contributed by atoms with E-state index < -0.39 is 0 Å². The molecule has 1 aromatic heterocycles. The summed E-state index contributed by atoms with van der Waals surface area (Å²) < 4.78 is 1.88. The summed E-state index contributed by atoms with van der Waals surface area (Å²) in [7, 11) is 0. The Morgan fingerprint density at radius 1 is 1.17 bits per heavy atom. The summed E-state index contributed by atoms with van der Waals surface area (Å²) in [5.41, 5.74) is 1.85. The van der Waals surface area contributed by atoms with Gasteiger partial charge < -0.3 is 10.6 Å². The third-order valence-corrected chi connectivity index (χ3v) is 2.62. The van der Waals surface area contributed by atoms with E-state index in [9.17, 15) is 0 Å². The molecule has 0 radical (unpaired) electrons. The zero-order valence-corrected chi connectivity index (χ0v) is 11.2. The predicted octanol–water partition coefficient (Wildman–Crippen LogP) is 3.27. The van der Waals surface area contributed by atoms with Crippen molar-refractivity contribution in [3.8, 4) is 0 Å². The Morgan fingerprint density at radius 2 is 1.83 bits per heavy atom. The molecule has 0 fully saturated rings. The lowest BCUT2D eigenvalue weighted by molar-refractivity contribution is 0.532. The first kappa shape index (κ1) is 12.6. The number of hydrogen-bond acceptors (Lipinski definition) is 2. The van der Waals surface area contributed by atoms with Crippen LogP contribution in [-0.2, 0) is 0 Å². The zero-order chi connectivity index (χ0) is 13.0. The second-order valence-corrected chi connectivity index (χ2v) is 4.66. The highest BCUT2D eigenvalue weighted by Gasteiger charge is 2.03. The van der Waals surface area contributed by atoms with E-state index in [0.717, 1.165) is 11.4 Å². The first-order valence-corrected chi connectivity index (χ1v) is 6.23. The van der Waals surface area contributed by atoms with Crippen LogP contribution in [0.5, 0.6) is 0 Å². The van der Waals surface area contributed by atoms with Crippen LogP contribution in [0.4, 0.5) is 11.4 Å². The number of anilines is 2. The maximum atomic E-state index is 5.23. The number of thiocarbonyl (C=S) groups is 1. The molecule has 0 aliphatic carbocycles. The molecule has 18 heavy (non-hydrogen) atoms. The molecule has 5 heteroatoms. The van der Waals surface area contributed by atoms with Crippen molar-refractivity contribution in [1.82, 2.24) is 9.78 Å². The molecule has 2 rings (SSSR count). The van der Waals surface area contributed by atoms with Gasteiger partial charge in [-0.3, -0.25) is 4.68 Å². The molecule has 0 aliphatic heterocycles. The van der Waals surface area contributed by atoms with Gasteiger partial charge in [-0.05, 0) is 38.2 Å². The van der Waals surface area contributed by atoms with Gasteiger partial charge in [-0.1, -0.05) is 18.2 Å². The van der Waals surface area contributed by atoms with Gasteiger partial charge in [0.1, 0.15) is 0 Å². The van der Waals surface area contributed by atoms with E-state index in [-0.39, 0.29) is 0 Å². The van der Waals surface area contributed by atoms with Crippen LogP contribution < -0.4 is 10.6 Å². The molecule has 0 saturated heterocycles. The van der Waals surface area contributed by atoms with Gasteiger partial charge in [-0.2, -0.15) is 5.10 Å². The van der Waals surface area contributed by atoms with Crippen molar-refractivity contribution in [1.29, 1.82) is 0 Å². The van der Waals surface area contributed by atoms with E-state index in [1.54, 1.807) is 6.20 Å². The molecular weight excluding hydrogens is 244 g/mol. The summed E-state index contributed by atoms with van der Waals surface area (Å²) in [6.45, 7) is 4.16. The molecule has 4 nitrogen and oxygen atoms in total. The van der Waals surface area contributed by atoms with Crippen molar-refractivity contribution in [3.05, 3.63) is 42.7 Å². The number of benzene rings is 1. The van der Waals surface area contributed by atoms with Crippen LogP contribution in [0.2, 0.25) is 0 Å². The second-order valence-electron chi connectivity index (χ2n) is 4.25. The van der Waals surface area contributed by atoms with E-state index in [1.165, 1.54) is 0 Å². The quantitative estimate of drug-likeness (QED) is 0.831.